The Bertz CT molecular complexity index is 2000. The molecular weight excluding hydrogens is 585 g/mol. The van der Waals surface area contributed by atoms with Gasteiger partial charge >= 0.3 is 0 Å². The number of aryl methyl sites for hydroxylation is 1. The Morgan fingerprint density at radius 2 is 1.59 bits per heavy atom. The van der Waals surface area contributed by atoms with Crippen LogP contribution in [-0.4, -0.2) is 50.9 Å². The van der Waals surface area contributed by atoms with Crippen LogP contribution in [0.3, 0.4) is 0 Å². The highest BCUT2D eigenvalue weighted by Crippen LogP contribution is 2.40. The minimum atomic E-state index is 0.376. The Balaban J connectivity index is 0.000000252. The quantitative estimate of drug-likeness (QED) is 0.151. The van der Waals surface area contributed by atoms with Gasteiger partial charge in [-0.25, -0.2) is 4.98 Å². The van der Waals surface area contributed by atoms with Gasteiger partial charge in [-0.05, 0) is 121 Å². The van der Waals surface area contributed by atoms with Crippen LogP contribution in [0.5, 0.6) is 0 Å². The molecule has 0 bridgehead atoms. The molecule has 1 aliphatic rings. The highest BCUT2D eigenvalue weighted by Gasteiger charge is 2.41. The molecule has 1 fully saturated rings. The molecule has 1 unspecified atom stereocenters. The molecule has 0 amide bonds. The van der Waals surface area contributed by atoms with Gasteiger partial charge in [0.25, 0.3) is 0 Å². The van der Waals surface area contributed by atoms with Crippen LogP contribution in [0.15, 0.2) is 78.9 Å². The number of H-pyrrole nitrogens is 1. The fourth-order valence-corrected chi connectivity index (χ4v) is 7.71. The van der Waals surface area contributed by atoms with Gasteiger partial charge in [-0.1, -0.05) is 43.3 Å². The number of benzene rings is 4. The van der Waals surface area contributed by atoms with E-state index in [-0.39, 0.29) is 0 Å². The van der Waals surface area contributed by atoms with Crippen molar-refractivity contribution in [2.24, 2.45) is 11.7 Å². The summed E-state index contributed by atoms with van der Waals surface area (Å²) in [6, 6.07) is 26.9. The van der Waals surface area contributed by atoms with Crippen LogP contribution in [-0.2, 0) is 0 Å². The van der Waals surface area contributed by atoms with E-state index in [9.17, 15) is 4.79 Å². The second kappa shape index (κ2) is 13.1. The van der Waals surface area contributed by atoms with Gasteiger partial charge in [-0.3, -0.25) is 9.69 Å². The van der Waals surface area contributed by atoms with Gasteiger partial charge in [-0.2, -0.15) is 0 Å². The lowest BCUT2D eigenvalue weighted by Crippen LogP contribution is -2.58. The average Bonchev–Trinajstić information content (AvgIpc) is 3.59. The van der Waals surface area contributed by atoms with Crippen LogP contribution in [0.1, 0.15) is 63.4 Å². The average molecular weight is 634 g/mol. The van der Waals surface area contributed by atoms with Crippen molar-refractivity contribution >= 4 is 53.7 Å². The van der Waals surface area contributed by atoms with Gasteiger partial charge < -0.3 is 15.3 Å². The maximum absolute atomic E-state index is 11.3. The summed E-state index contributed by atoms with van der Waals surface area (Å²) in [5, 5.41) is 3.45. The number of aromatic amines is 1. The van der Waals surface area contributed by atoms with Gasteiger partial charge in [0.1, 0.15) is 12.1 Å². The number of nitrogens with zero attached hydrogens (tertiary/aromatic N) is 3. The third-order valence-corrected chi connectivity index (χ3v) is 9.97. The molecule has 3 heterocycles. The van der Waals surface area contributed by atoms with Gasteiger partial charge in [0.15, 0.2) is 0 Å². The van der Waals surface area contributed by atoms with Gasteiger partial charge in [-0.15, -0.1) is 9.24 Å². The summed E-state index contributed by atoms with van der Waals surface area (Å²) < 4.78 is 2.26. The first-order valence-corrected chi connectivity index (χ1v) is 16.6. The predicted octanol–water partition coefficient (Wildman–Crippen LogP) is 8.43. The number of para-hydroxylation sites is 1. The maximum atomic E-state index is 11.3. The summed E-state index contributed by atoms with van der Waals surface area (Å²) in [6.07, 6.45) is 3.56. The van der Waals surface area contributed by atoms with Crippen molar-refractivity contribution in [1.82, 2.24) is 19.4 Å². The highest BCUT2D eigenvalue weighted by molar-refractivity contribution is 7.27. The van der Waals surface area contributed by atoms with E-state index in [1.54, 1.807) is 0 Å². The summed E-state index contributed by atoms with van der Waals surface area (Å²) in [5.74, 6) is 1.72. The number of hydrogen-bond acceptors (Lipinski definition) is 4. The number of imidazole rings is 1. The minimum absolute atomic E-state index is 0.376. The second-order valence-corrected chi connectivity index (χ2v) is 14.4. The number of aromatic nitrogens is 3. The minimum Gasteiger partial charge on any atom is -0.338 e. The highest BCUT2D eigenvalue weighted by atomic mass is 31.0. The lowest BCUT2D eigenvalue weighted by atomic mass is 9.75. The monoisotopic (exact) mass is 633 g/mol. The molecule has 2 aromatic heterocycles. The normalized spacial score (nSPS) is 16.1. The molecule has 6 aromatic rings. The van der Waals surface area contributed by atoms with E-state index >= 15 is 0 Å². The Morgan fingerprint density at radius 3 is 2.26 bits per heavy atom. The number of fused-ring (bicyclic) bond motifs is 4. The molecule has 7 heteroatoms. The van der Waals surface area contributed by atoms with Crippen LogP contribution in [0.2, 0.25) is 0 Å². The summed E-state index contributed by atoms with van der Waals surface area (Å²) in [6.45, 7) is 13.8. The number of nitrogens with two attached hydrogens (primary N) is 1. The molecule has 0 spiro atoms. The fourth-order valence-electron chi connectivity index (χ4n) is 7.45. The van der Waals surface area contributed by atoms with Gasteiger partial charge in [0.2, 0.25) is 0 Å². The van der Waals surface area contributed by atoms with E-state index in [1.807, 2.05) is 25.1 Å². The number of likely N-dealkylation sites (tertiary alicyclic amines) is 1. The first-order chi connectivity index (χ1) is 21.9. The Hall–Kier alpha value is -3.83. The van der Waals surface area contributed by atoms with Crippen molar-refractivity contribution in [2.45, 2.75) is 65.5 Å². The third kappa shape index (κ3) is 6.27. The number of rotatable bonds is 3. The maximum Gasteiger partial charge on any atom is 0.150 e. The Labute approximate surface area is 275 Å². The van der Waals surface area contributed by atoms with E-state index in [2.05, 4.69) is 132 Å². The van der Waals surface area contributed by atoms with E-state index in [0.717, 1.165) is 67.6 Å². The summed E-state index contributed by atoms with van der Waals surface area (Å²) in [7, 11) is 6.49. The standard InChI is InChI=1S/C27H20N3OP.C11H23N.CH5N/c1-16-13-18(10-9-17(16)15-31)30-24-7-3-2-5-20(24)26-21(6-4-8-25(26)30)27-28-22-12-11-19(32)14-23(22)29-27;1-9-7-10(2,3)12(6)11(4,5)8-9;1-2/h2-15H,32H2,1H3,(H,28,29);9H,7-8H2,1-6H3;2H2,1H3. The van der Waals surface area contributed by atoms with Crippen LogP contribution in [0.25, 0.3) is 49.9 Å². The van der Waals surface area contributed by atoms with Crippen molar-refractivity contribution in [3.8, 4) is 17.1 Å². The topological polar surface area (TPSA) is 79.9 Å². The molecule has 46 heavy (non-hydrogen) atoms. The predicted molar refractivity (Wildman–Crippen MR) is 200 cm³/mol. The lowest BCUT2D eigenvalue weighted by Gasteiger charge is -2.53. The van der Waals surface area contributed by atoms with E-state index in [4.69, 9.17) is 4.98 Å². The number of hydrogen-bond donors (Lipinski definition) is 2. The Kier molecular flexibility index (Phi) is 9.56. The van der Waals surface area contributed by atoms with E-state index in [0.29, 0.717) is 16.6 Å². The van der Waals surface area contributed by atoms with Crippen molar-refractivity contribution in [3.05, 3.63) is 90.0 Å². The smallest absolute Gasteiger partial charge is 0.150 e. The molecule has 7 rings (SSSR count). The molecule has 1 atom stereocenters. The molecule has 1 aliphatic heterocycles. The molecule has 3 N–H and O–H groups in total. The molecular formula is C39H48N5OP. The van der Waals surface area contributed by atoms with Gasteiger partial charge in [0, 0.05) is 38.7 Å². The molecule has 1 saturated heterocycles. The molecule has 6 nitrogen and oxygen atoms in total. The molecule has 4 aromatic carbocycles. The zero-order chi connectivity index (χ0) is 33.4. The number of aldehydes is 1. The first-order valence-electron chi connectivity index (χ1n) is 16.1. The summed E-state index contributed by atoms with van der Waals surface area (Å²) in [4.78, 5) is 22.3. The largest absolute Gasteiger partial charge is 0.338 e. The number of nitrogens with one attached hydrogen (secondary N) is 1. The van der Waals surface area contributed by atoms with Crippen molar-refractivity contribution in [2.75, 3.05) is 14.1 Å². The molecule has 0 saturated carbocycles. The summed E-state index contributed by atoms with van der Waals surface area (Å²) in [5.41, 5.74) is 13.2. The number of carbonyl (C=O) groups excluding carboxylic acids is 1. The summed E-state index contributed by atoms with van der Waals surface area (Å²) >= 11 is 0. The van der Waals surface area contributed by atoms with Crippen LogP contribution in [0.4, 0.5) is 0 Å². The second-order valence-electron chi connectivity index (χ2n) is 13.8. The molecule has 0 radical (unpaired) electrons. The van der Waals surface area contributed by atoms with Crippen molar-refractivity contribution < 1.29 is 4.79 Å². The van der Waals surface area contributed by atoms with Crippen LogP contribution < -0.4 is 11.0 Å². The number of carbonyl (C=O) groups is 1. The Morgan fingerprint density at radius 1 is 0.913 bits per heavy atom. The zero-order valence-corrected chi connectivity index (χ0v) is 29.6. The number of piperidine rings is 1. The van der Waals surface area contributed by atoms with Gasteiger partial charge in [0.05, 0.1) is 22.1 Å². The van der Waals surface area contributed by atoms with Crippen LogP contribution >= 0.6 is 9.24 Å². The molecule has 0 aliphatic carbocycles. The zero-order valence-electron chi connectivity index (χ0n) is 28.5. The van der Waals surface area contributed by atoms with Crippen molar-refractivity contribution in [1.29, 1.82) is 0 Å². The van der Waals surface area contributed by atoms with Crippen molar-refractivity contribution in [3.63, 3.8) is 0 Å². The SMILES string of the molecule is CC1CC(C)(C)N(C)C(C)(C)C1.CN.Cc1cc(-n2c3ccccc3c3c(-c4nc5ccc(P)cc5[nH]4)cccc32)ccc1C=O. The molecule has 240 valence electrons. The van der Waals surface area contributed by atoms with Crippen LogP contribution in [0, 0.1) is 12.8 Å². The lowest BCUT2D eigenvalue weighted by molar-refractivity contribution is -0.0255. The van der Waals surface area contributed by atoms with E-state index in [1.165, 1.54) is 25.3 Å². The first kappa shape index (κ1) is 33.5. The fraction of sp³-hybridized carbons (Fsp3) is 0.333. The third-order valence-electron chi connectivity index (χ3n) is 9.61. The van der Waals surface area contributed by atoms with E-state index < -0.39 is 0 Å².